The molecule has 6 nitrogen and oxygen atoms in total. The molecule has 3 aromatic rings. The van der Waals surface area contributed by atoms with E-state index in [9.17, 15) is 9.59 Å². The Hall–Kier alpha value is -2.19. The van der Waals surface area contributed by atoms with Crippen LogP contribution in [0, 0.1) is 0 Å². The average molecular weight is 464 g/mol. The van der Waals surface area contributed by atoms with Crippen molar-refractivity contribution in [1.29, 1.82) is 0 Å². The second-order valence-electron chi connectivity index (χ2n) is 7.05. The maximum atomic E-state index is 13.3. The highest BCUT2D eigenvalue weighted by Gasteiger charge is 2.27. The van der Waals surface area contributed by atoms with E-state index in [0.29, 0.717) is 39.6 Å². The number of benzene rings is 1. The van der Waals surface area contributed by atoms with Crippen molar-refractivity contribution < 1.29 is 9.53 Å². The highest BCUT2D eigenvalue weighted by atomic mass is 35.5. The van der Waals surface area contributed by atoms with E-state index in [2.05, 4.69) is 4.98 Å². The second-order valence-corrected chi connectivity index (χ2v) is 8.74. The van der Waals surface area contributed by atoms with E-state index < -0.39 is 0 Å². The zero-order valence-corrected chi connectivity index (χ0v) is 18.5. The van der Waals surface area contributed by atoms with Crippen molar-refractivity contribution in [2.75, 3.05) is 18.1 Å². The molecule has 1 aliphatic rings. The Balaban J connectivity index is 1.69. The number of carbonyl (C=O) groups is 1. The molecule has 0 aliphatic carbocycles. The van der Waals surface area contributed by atoms with Gasteiger partial charge < -0.3 is 9.30 Å². The summed E-state index contributed by atoms with van der Waals surface area (Å²) in [6.07, 6.45) is 3.36. The third kappa shape index (κ3) is 4.44. The SMILES string of the molecule is Cn1ccc(C(=O)N(CC2CCCO2)c2nc(-c3ccc(Cl)cc3Cl)cs2)cc1=O. The number of halogens is 2. The number of thiazole rings is 1. The summed E-state index contributed by atoms with van der Waals surface area (Å²) in [7, 11) is 1.64. The van der Waals surface area contributed by atoms with Gasteiger partial charge >= 0.3 is 0 Å². The molecule has 1 saturated heterocycles. The lowest BCUT2D eigenvalue weighted by Gasteiger charge is -2.23. The summed E-state index contributed by atoms with van der Waals surface area (Å²) in [6.45, 7) is 1.05. The molecule has 1 atom stereocenters. The number of anilines is 1. The normalized spacial score (nSPS) is 16.0. The molecule has 1 aliphatic heterocycles. The van der Waals surface area contributed by atoms with Gasteiger partial charge in [0, 0.05) is 47.4 Å². The summed E-state index contributed by atoms with van der Waals surface area (Å²) < 4.78 is 7.16. The third-order valence-corrected chi connectivity index (χ3v) is 6.35. The van der Waals surface area contributed by atoms with E-state index in [0.717, 1.165) is 18.4 Å². The summed E-state index contributed by atoms with van der Waals surface area (Å²) in [6, 6.07) is 8.19. The van der Waals surface area contributed by atoms with E-state index in [1.165, 1.54) is 22.0 Å². The maximum Gasteiger partial charge on any atom is 0.260 e. The van der Waals surface area contributed by atoms with E-state index in [1.54, 1.807) is 42.4 Å². The van der Waals surface area contributed by atoms with Crippen LogP contribution in [0.3, 0.4) is 0 Å². The number of aryl methyl sites for hydroxylation is 1. The molecule has 4 rings (SSSR count). The van der Waals surface area contributed by atoms with Crippen molar-refractivity contribution in [3.63, 3.8) is 0 Å². The van der Waals surface area contributed by atoms with Crippen molar-refractivity contribution in [3.8, 4) is 11.3 Å². The van der Waals surface area contributed by atoms with Crippen LogP contribution in [0.5, 0.6) is 0 Å². The van der Waals surface area contributed by atoms with Gasteiger partial charge in [0.05, 0.1) is 23.4 Å². The van der Waals surface area contributed by atoms with Crippen LogP contribution in [0.15, 0.2) is 46.7 Å². The van der Waals surface area contributed by atoms with Crippen molar-refractivity contribution in [2.24, 2.45) is 7.05 Å². The van der Waals surface area contributed by atoms with Crippen LogP contribution in [0.2, 0.25) is 10.0 Å². The van der Waals surface area contributed by atoms with Crippen molar-refractivity contribution in [3.05, 3.63) is 67.9 Å². The fraction of sp³-hybridized carbons (Fsp3) is 0.286. The van der Waals surface area contributed by atoms with Crippen LogP contribution in [0.25, 0.3) is 11.3 Å². The molecule has 156 valence electrons. The standard InChI is InChI=1S/C21H19Cl2N3O3S/c1-25-7-6-13(9-19(25)27)20(28)26(11-15-3-2-8-29-15)21-24-18(12-30-21)16-5-4-14(22)10-17(16)23/h4-7,9-10,12,15H,2-3,8,11H2,1H3. The number of hydrogen-bond acceptors (Lipinski definition) is 5. The number of nitrogens with zero attached hydrogens (tertiary/aromatic N) is 3. The van der Waals surface area contributed by atoms with Crippen LogP contribution in [0.1, 0.15) is 23.2 Å². The molecule has 0 N–H and O–H groups in total. The minimum absolute atomic E-state index is 0.0630. The molecule has 0 spiro atoms. The van der Waals surface area contributed by atoms with Gasteiger partial charge in [-0.25, -0.2) is 4.98 Å². The van der Waals surface area contributed by atoms with Gasteiger partial charge in [-0.15, -0.1) is 11.3 Å². The van der Waals surface area contributed by atoms with Crippen LogP contribution in [0.4, 0.5) is 5.13 Å². The number of hydrogen-bond donors (Lipinski definition) is 0. The van der Waals surface area contributed by atoms with Crippen LogP contribution in [-0.2, 0) is 11.8 Å². The first kappa shape index (κ1) is 21.1. The summed E-state index contributed by atoms with van der Waals surface area (Å²) in [4.78, 5) is 31.6. The predicted octanol–water partition coefficient (Wildman–Crippen LogP) is 4.64. The van der Waals surface area contributed by atoms with Gasteiger partial charge in [-0.3, -0.25) is 14.5 Å². The molecule has 9 heteroatoms. The predicted molar refractivity (Wildman–Crippen MR) is 120 cm³/mol. The zero-order valence-electron chi connectivity index (χ0n) is 16.2. The van der Waals surface area contributed by atoms with E-state index in [-0.39, 0.29) is 17.6 Å². The first-order valence-corrected chi connectivity index (χ1v) is 11.1. The van der Waals surface area contributed by atoms with Crippen molar-refractivity contribution >= 4 is 45.6 Å². The molecule has 1 unspecified atom stereocenters. The summed E-state index contributed by atoms with van der Waals surface area (Å²) in [5, 5.41) is 3.41. The number of rotatable bonds is 5. The van der Waals surface area contributed by atoms with E-state index in [1.807, 2.05) is 5.38 Å². The Kier molecular flexibility index (Phi) is 6.24. The van der Waals surface area contributed by atoms with Gasteiger partial charge in [-0.1, -0.05) is 23.2 Å². The van der Waals surface area contributed by atoms with Gasteiger partial charge in [-0.2, -0.15) is 0 Å². The minimum atomic E-state index is -0.286. The van der Waals surface area contributed by atoms with Gasteiger partial charge in [0.25, 0.3) is 11.5 Å². The molecule has 0 bridgehead atoms. The molecule has 3 heterocycles. The Morgan fingerprint density at radius 2 is 2.17 bits per heavy atom. The number of carbonyl (C=O) groups excluding carboxylic acids is 1. The molecular formula is C21H19Cl2N3O3S. The molecule has 0 saturated carbocycles. The zero-order chi connectivity index (χ0) is 21.3. The maximum absolute atomic E-state index is 13.3. The number of ether oxygens (including phenoxy) is 1. The summed E-state index contributed by atoms with van der Waals surface area (Å²) in [5.41, 5.74) is 1.47. The Labute approximate surface area is 187 Å². The fourth-order valence-electron chi connectivity index (χ4n) is 3.29. The Morgan fingerprint density at radius 1 is 1.33 bits per heavy atom. The lowest BCUT2D eigenvalue weighted by Crippen LogP contribution is -2.38. The number of amides is 1. The molecule has 0 radical (unpaired) electrons. The first-order chi connectivity index (χ1) is 14.4. The van der Waals surface area contributed by atoms with E-state index >= 15 is 0 Å². The monoisotopic (exact) mass is 463 g/mol. The Bertz CT molecular complexity index is 1140. The lowest BCUT2D eigenvalue weighted by molar-refractivity contribution is 0.0917. The highest BCUT2D eigenvalue weighted by molar-refractivity contribution is 7.14. The van der Waals surface area contributed by atoms with Gasteiger partial charge in [0.15, 0.2) is 5.13 Å². The van der Waals surface area contributed by atoms with Crippen LogP contribution >= 0.6 is 34.5 Å². The van der Waals surface area contributed by atoms with E-state index in [4.69, 9.17) is 27.9 Å². The minimum Gasteiger partial charge on any atom is -0.376 e. The molecule has 1 amide bonds. The van der Waals surface area contributed by atoms with Crippen LogP contribution < -0.4 is 10.5 Å². The molecular weight excluding hydrogens is 445 g/mol. The second kappa shape index (κ2) is 8.89. The molecule has 1 aromatic carbocycles. The molecule has 1 fully saturated rings. The lowest BCUT2D eigenvalue weighted by atomic mass is 10.2. The number of pyridine rings is 1. The number of aromatic nitrogens is 2. The van der Waals surface area contributed by atoms with Gasteiger partial charge in [0.2, 0.25) is 0 Å². The average Bonchev–Trinajstić information content (AvgIpc) is 3.40. The smallest absolute Gasteiger partial charge is 0.260 e. The summed E-state index contributed by atoms with van der Waals surface area (Å²) in [5.74, 6) is -0.286. The third-order valence-electron chi connectivity index (χ3n) is 4.94. The van der Waals surface area contributed by atoms with Gasteiger partial charge in [0.1, 0.15) is 0 Å². The van der Waals surface area contributed by atoms with Gasteiger partial charge in [-0.05, 0) is 37.1 Å². The largest absolute Gasteiger partial charge is 0.376 e. The Morgan fingerprint density at radius 3 is 2.87 bits per heavy atom. The molecule has 2 aromatic heterocycles. The van der Waals surface area contributed by atoms with Crippen molar-refractivity contribution in [2.45, 2.75) is 18.9 Å². The topological polar surface area (TPSA) is 64.4 Å². The van der Waals surface area contributed by atoms with Crippen LogP contribution in [-0.4, -0.2) is 34.7 Å². The summed E-state index contributed by atoms with van der Waals surface area (Å²) >= 11 is 13.7. The quantitative estimate of drug-likeness (QED) is 0.552. The highest BCUT2D eigenvalue weighted by Crippen LogP contribution is 2.34. The molecule has 30 heavy (non-hydrogen) atoms. The fourth-order valence-corrected chi connectivity index (χ4v) is 4.62. The van der Waals surface area contributed by atoms with Crippen molar-refractivity contribution in [1.82, 2.24) is 9.55 Å². The first-order valence-electron chi connectivity index (χ1n) is 9.43.